The number of phosphoric acid groups is 1. The van der Waals surface area contributed by atoms with Crippen LogP contribution in [0.15, 0.2) is 72.9 Å². The number of amides is 1. The van der Waals surface area contributed by atoms with Gasteiger partial charge in [-0.25, -0.2) is 4.57 Å². The normalized spacial score (nSPS) is 14.3. The smallest absolute Gasteiger partial charge is 0.456 e. The number of likely N-dealkylation sites (N-methyl/N-ethyl adjacent to an activating group) is 1. The number of unbranched alkanes of at least 4 members (excludes halogenated alkanes) is 27. The number of quaternary nitrogens is 1. The van der Waals surface area contributed by atoms with Gasteiger partial charge in [0.05, 0.1) is 33.8 Å². The average molecular weight is 1030 g/mol. The fourth-order valence-corrected chi connectivity index (χ4v) is 8.95. The van der Waals surface area contributed by atoms with Crippen molar-refractivity contribution in [1.29, 1.82) is 0 Å². The zero-order valence-electron chi connectivity index (χ0n) is 47.7. The first-order valence-electron chi connectivity index (χ1n) is 29.8. The molecule has 3 unspecified atom stereocenters. The Balaban J connectivity index is 5.33. The Hall–Kier alpha value is -2.55. The number of esters is 1. The SMILES string of the molecule is CCCCC/C=C\C/C=C\C/C=C\C/C=C\CCCCCCCC(=O)OC(/C=C\CCCCCCCCCCCC)C(COP(=O)(O)OCC[N+](C)(C)C)NC(=O)CCCCC/C=C\CCCCCCCC. The Morgan fingerprint density at radius 1 is 0.486 bits per heavy atom. The van der Waals surface area contributed by atoms with Crippen LogP contribution in [0.25, 0.3) is 0 Å². The first kappa shape index (κ1) is 69.5. The molecule has 0 saturated heterocycles. The molecule has 0 radical (unpaired) electrons. The van der Waals surface area contributed by atoms with E-state index < -0.39 is 20.0 Å². The van der Waals surface area contributed by atoms with Crippen molar-refractivity contribution in [3.8, 4) is 0 Å². The fourth-order valence-electron chi connectivity index (χ4n) is 8.21. The van der Waals surface area contributed by atoms with Crippen LogP contribution in [0.3, 0.4) is 0 Å². The van der Waals surface area contributed by atoms with E-state index in [4.69, 9.17) is 13.8 Å². The molecule has 0 aliphatic rings. The lowest BCUT2D eigenvalue weighted by molar-refractivity contribution is -0.870. The Bertz CT molecular complexity index is 1460. The molecule has 0 heterocycles. The molecule has 0 aliphatic carbocycles. The minimum atomic E-state index is -4.45. The number of hydrogen-bond donors (Lipinski definition) is 2. The molecule has 0 bridgehead atoms. The largest absolute Gasteiger partial charge is 0.472 e. The van der Waals surface area contributed by atoms with Crippen molar-refractivity contribution in [1.82, 2.24) is 5.32 Å². The predicted molar refractivity (Wildman–Crippen MR) is 309 cm³/mol. The van der Waals surface area contributed by atoms with Crippen molar-refractivity contribution in [3.63, 3.8) is 0 Å². The second-order valence-corrected chi connectivity index (χ2v) is 22.6. The third kappa shape index (κ3) is 52.3. The lowest BCUT2D eigenvalue weighted by Gasteiger charge is -2.27. The number of carbonyl (C=O) groups is 2. The third-order valence-corrected chi connectivity index (χ3v) is 13.9. The summed E-state index contributed by atoms with van der Waals surface area (Å²) in [7, 11) is 1.47. The van der Waals surface area contributed by atoms with Gasteiger partial charge < -0.3 is 19.4 Å². The summed E-state index contributed by atoms with van der Waals surface area (Å²) in [6, 6.07) is -0.865. The van der Waals surface area contributed by atoms with Crippen LogP contribution >= 0.6 is 7.82 Å². The molecule has 0 spiro atoms. The van der Waals surface area contributed by atoms with Crippen LogP contribution < -0.4 is 5.32 Å². The van der Waals surface area contributed by atoms with Gasteiger partial charge in [-0.05, 0) is 102 Å². The minimum Gasteiger partial charge on any atom is -0.456 e. The standard InChI is InChI=1S/C62H113N2O7P/c1-7-10-13-16-19-22-25-28-29-30-31-32-33-34-35-37-40-43-46-49-52-55-62(66)71-60(53-50-47-44-41-38-27-24-21-18-15-12-9-3)59(58-70-72(67,68)69-57-56-64(4,5)6)63-61(65)54-51-48-45-42-39-36-26-23-20-17-14-11-8-2/h19,22,28-29,31-32,34-36,39,50,53,59-60H,7-18,20-21,23-27,30,33,37-38,40-49,51-52,54-58H2,1-6H3,(H-,63,65,67,68)/p+1/b22-19-,29-28-,32-31-,35-34-,39-36-,53-50-. The van der Waals surface area contributed by atoms with Crippen LogP contribution in [0.4, 0.5) is 0 Å². The summed E-state index contributed by atoms with van der Waals surface area (Å²) in [5.74, 6) is -0.545. The van der Waals surface area contributed by atoms with Gasteiger partial charge in [0.15, 0.2) is 0 Å². The molecule has 72 heavy (non-hydrogen) atoms. The maximum absolute atomic E-state index is 13.5. The van der Waals surface area contributed by atoms with Crippen LogP contribution in [-0.2, 0) is 27.9 Å². The number of nitrogens with zero attached hydrogens (tertiary/aromatic N) is 1. The lowest BCUT2D eigenvalue weighted by Crippen LogP contribution is -2.47. The molecule has 418 valence electrons. The number of hydrogen-bond acceptors (Lipinski definition) is 6. The summed E-state index contributed by atoms with van der Waals surface area (Å²) in [6.07, 6.45) is 66.1. The van der Waals surface area contributed by atoms with Crippen molar-refractivity contribution in [2.24, 2.45) is 0 Å². The highest BCUT2D eigenvalue weighted by atomic mass is 31.2. The average Bonchev–Trinajstić information content (AvgIpc) is 3.34. The van der Waals surface area contributed by atoms with Gasteiger partial charge in [-0.3, -0.25) is 18.6 Å². The molecule has 0 aromatic rings. The molecule has 3 atom stereocenters. The number of nitrogens with one attached hydrogen (secondary N) is 1. The Morgan fingerprint density at radius 3 is 1.32 bits per heavy atom. The summed E-state index contributed by atoms with van der Waals surface area (Å²) >= 11 is 0. The molecule has 9 nitrogen and oxygen atoms in total. The third-order valence-electron chi connectivity index (χ3n) is 12.9. The maximum Gasteiger partial charge on any atom is 0.472 e. The summed E-state index contributed by atoms with van der Waals surface area (Å²) in [5.41, 5.74) is 0. The number of allylic oxidation sites excluding steroid dienone is 11. The monoisotopic (exact) mass is 1030 g/mol. The van der Waals surface area contributed by atoms with E-state index in [9.17, 15) is 19.0 Å². The first-order chi connectivity index (χ1) is 34.9. The van der Waals surface area contributed by atoms with Crippen molar-refractivity contribution >= 4 is 19.7 Å². The molecule has 0 rings (SSSR count). The van der Waals surface area contributed by atoms with Crippen molar-refractivity contribution in [3.05, 3.63) is 72.9 Å². The Labute approximate surface area is 444 Å². The number of rotatable bonds is 53. The fraction of sp³-hybridized carbons (Fsp3) is 0.774. The Kier molecular flexibility index (Phi) is 50.1. The molecular formula is C62H114N2O7P+. The first-order valence-corrected chi connectivity index (χ1v) is 31.3. The van der Waals surface area contributed by atoms with Crippen LogP contribution in [0, 0.1) is 0 Å². The molecule has 0 aliphatic heterocycles. The summed E-state index contributed by atoms with van der Waals surface area (Å²) in [4.78, 5) is 37.6. The summed E-state index contributed by atoms with van der Waals surface area (Å²) < 4.78 is 30.6. The van der Waals surface area contributed by atoms with E-state index >= 15 is 0 Å². The molecule has 0 saturated carbocycles. The quantitative estimate of drug-likeness (QED) is 0.0205. The van der Waals surface area contributed by atoms with Gasteiger partial charge in [0.25, 0.3) is 0 Å². The van der Waals surface area contributed by atoms with E-state index in [1.807, 2.05) is 33.3 Å². The van der Waals surface area contributed by atoms with E-state index in [1.54, 1.807) is 0 Å². The van der Waals surface area contributed by atoms with E-state index in [0.29, 0.717) is 23.9 Å². The number of ether oxygens (including phenoxy) is 1. The molecule has 2 N–H and O–H groups in total. The summed E-state index contributed by atoms with van der Waals surface area (Å²) in [6.45, 7) is 6.95. The highest BCUT2D eigenvalue weighted by Gasteiger charge is 2.30. The molecule has 0 fully saturated rings. The molecule has 0 aromatic heterocycles. The highest BCUT2D eigenvalue weighted by molar-refractivity contribution is 7.47. The van der Waals surface area contributed by atoms with Gasteiger partial charge in [-0.1, -0.05) is 216 Å². The van der Waals surface area contributed by atoms with E-state index in [-0.39, 0.29) is 31.5 Å². The van der Waals surface area contributed by atoms with Crippen LogP contribution in [-0.4, -0.2) is 74.3 Å². The van der Waals surface area contributed by atoms with Gasteiger partial charge in [0, 0.05) is 12.8 Å². The summed E-state index contributed by atoms with van der Waals surface area (Å²) in [5, 5.41) is 3.03. The zero-order valence-corrected chi connectivity index (χ0v) is 48.6. The van der Waals surface area contributed by atoms with Gasteiger partial charge in [-0.2, -0.15) is 0 Å². The van der Waals surface area contributed by atoms with Crippen LogP contribution in [0.5, 0.6) is 0 Å². The van der Waals surface area contributed by atoms with Gasteiger partial charge in [-0.15, -0.1) is 0 Å². The zero-order chi connectivity index (χ0) is 52.9. The van der Waals surface area contributed by atoms with Crippen molar-refractivity contribution < 1.29 is 37.3 Å². The molecule has 1 amide bonds. The van der Waals surface area contributed by atoms with Crippen LogP contribution in [0.1, 0.15) is 258 Å². The molecular weight excluding hydrogens is 916 g/mol. The second-order valence-electron chi connectivity index (χ2n) is 21.2. The molecule has 10 heteroatoms. The van der Waals surface area contributed by atoms with E-state index in [0.717, 1.165) is 103 Å². The predicted octanol–water partition coefficient (Wildman–Crippen LogP) is 18.1. The van der Waals surface area contributed by atoms with E-state index in [2.05, 4.69) is 86.8 Å². The maximum atomic E-state index is 13.5. The molecule has 0 aromatic carbocycles. The van der Waals surface area contributed by atoms with Gasteiger partial charge >= 0.3 is 13.8 Å². The van der Waals surface area contributed by atoms with Crippen LogP contribution in [0.2, 0.25) is 0 Å². The van der Waals surface area contributed by atoms with Gasteiger partial charge in [0.1, 0.15) is 19.3 Å². The minimum absolute atomic E-state index is 0.0320. The topological polar surface area (TPSA) is 111 Å². The highest BCUT2D eigenvalue weighted by Crippen LogP contribution is 2.43. The number of carbonyl (C=O) groups excluding carboxylic acids is 2. The van der Waals surface area contributed by atoms with Gasteiger partial charge in [0.2, 0.25) is 5.91 Å². The number of phosphoric ester groups is 1. The van der Waals surface area contributed by atoms with Crippen molar-refractivity contribution in [2.75, 3.05) is 40.9 Å². The van der Waals surface area contributed by atoms with E-state index in [1.165, 1.54) is 116 Å². The second kappa shape index (κ2) is 51.9. The Morgan fingerprint density at radius 2 is 0.847 bits per heavy atom. The van der Waals surface area contributed by atoms with Crippen molar-refractivity contribution in [2.45, 2.75) is 270 Å². The lowest BCUT2D eigenvalue weighted by atomic mass is 10.0.